The van der Waals surface area contributed by atoms with Crippen molar-refractivity contribution in [1.29, 1.82) is 0 Å². The van der Waals surface area contributed by atoms with Crippen LogP contribution in [0.4, 0.5) is 0 Å². The van der Waals surface area contributed by atoms with Crippen LogP contribution in [0.25, 0.3) is 0 Å². The van der Waals surface area contributed by atoms with Crippen LogP contribution in [-0.4, -0.2) is 216 Å². The summed E-state index contributed by atoms with van der Waals surface area (Å²) >= 11 is 0. The van der Waals surface area contributed by atoms with Crippen molar-refractivity contribution < 1.29 is 184 Å². The van der Waals surface area contributed by atoms with Gasteiger partial charge in [-0.05, 0) is 271 Å². The van der Waals surface area contributed by atoms with Crippen LogP contribution in [-0.2, 0) is 32.0 Å². The molecule has 5 saturated heterocycles. The molecule has 640 valence electrons. The monoisotopic (exact) mass is 1680 g/mol. The summed E-state index contributed by atoms with van der Waals surface area (Å²) in [6.07, 6.45) is -62.4. The number of ether oxygens (including phenoxy) is 10. The number of rotatable bonds is 20. The van der Waals surface area contributed by atoms with Crippen LogP contribution in [0.3, 0.4) is 0 Å². The van der Waals surface area contributed by atoms with Crippen LogP contribution < -0.4 is 47.4 Å². The molecule has 0 saturated carbocycles. The fraction of sp³-hybridized carbons (Fsp3) is 0.684. The molecule has 20 heteroatoms. The second kappa shape index (κ2) is 40.6. The van der Waals surface area contributed by atoms with Crippen molar-refractivity contribution >= 4 is 0 Å². The normalized spacial score (nSPS) is 53.6. The summed E-state index contributed by atoms with van der Waals surface area (Å²) in [6, 6.07) is -19.0. The molecule has 5 N–H and O–H groups in total. The van der Waals surface area contributed by atoms with Gasteiger partial charge < -0.3 is 72.9 Å². The van der Waals surface area contributed by atoms with Crippen LogP contribution in [0.2, 0.25) is 0 Å². The molecule has 0 aromatic heterocycles. The van der Waals surface area contributed by atoms with E-state index >= 15 is 0 Å². The lowest BCUT2D eigenvalue weighted by molar-refractivity contribution is -0.0192. The quantitative estimate of drug-likeness (QED) is 0.0491. The van der Waals surface area contributed by atoms with Gasteiger partial charge in [-0.2, -0.15) is 0 Å². The zero-order valence-electron chi connectivity index (χ0n) is 145. The fourth-order valence-corrected chi connectivity index (χ4v) is 12.7. The molecule has 19 atom stereocenters. The van der Waals surface area contributed by atoms with Gasteiger partial charge in [-0.3, -0.25) is 24.5 Å². The topological polar surface area (TPSA) is 210 Å². The van der Waals surface area contributed by atoms with Crippen LogP contribution in [0.5, 0.6) is 57.5 Å². The Balaban J connectivity index is 0.000000226. The molecule has 115 heavy (non-hydrogen) atoms. The van der Waals surface area contributed by atoms with E-state index in [0.717, 1.165) is 33.3 Å². The third kappa shape index (κ3) is 21.1. The first-order valence-electron chi connectivity index (χ1n) is 75.5. The molecular weight excluding hydrogens is 1450 g/mol. The van der Waals surface area contributed by atoms with E-state index in [1.165, 1.54) is 21.3 Å². The Hall–Kier alpha value is -6.30. The number of methoxy groups -OCH3 is 10. The Bertz CT molecular complexity index is 7980. The SMILES string of the molecule is [2H]c1c(OC([2H])([2H])[2H])c(OC)c([2H])c2c1C1N(C([2H])([2H])C2([2H])[2H])C([2H])([2H])C([2H])(C([2H])([2H])C([2H])(C)C([2H])([2H])[2H])C([2H])(O)C1([2H])[2H].[2H]c1c(OC)c(OC)c([2H])c2c1C1N(C([2H])([2H])C2([2H])[2H])C([2H])([2H])C([2H])(C([2H])([2H])C([2H])(C)C([2H])([2H])[2H])C([2H])(O)C1([2H])[2H].[2H]c1c2c(c([2H])c(OC([2H])([2H])[2H])c1OC)C1N(CC2)C([2H])([2H])C([2H])(C([2H])([2H])C([2H])(C)C([2H])([2H])[2H])C([2H])(O)C1([2H])[2H].[2H]c1c2c(c([2H])c(OC([2H])([2H])[2H])c1OC)C1N(CC2)C([2H])([2H])C([2H])(CC(C)C)C([2H])(O)C1([2H])[2H].[2H]c1c2c(c([2H])c(OC)c1OC)C1N(CC2)C([2H])([2H])C([2H])(C([2H])([2H])C([2H])(C)C([2H])([2H])[2H])C([2H])(O)C1([2H])[2H]. The first-order chi connectivity index (χ1) is 86.4. The van der Waals surface area contributed by atoms with Gasteiger partial charge in [0.25, 0.3) is 0 Å². The van der Waals surface area contributed by atoms with Gasteiger partial charge in [0.05, 0.1) is 134 Å². The molecule has 5 aromatic rings. The molecule has 5 aromatic carbocycles. The van der Waals surface area contributed by atoms with Crippen molar-refractivity contribution in [1.82, 2.24) is 24.5 Å². The summed E-state index contributed by atoms with van der Waals surface area (Å²) in [5.41, 5.74) is -5.40. The average Bonchev–Trinajstić information content (AvgIpc) is 0.639. The van der Waals surface area contributed by atoms with Gasteiger partial charge in [-0.15, -0.1) is 0 Å². The van der Waals surface area contributed by atoms with Crippen LogP contribution in [0.1, 0.15) is 330 Å². The smallest absolute Gasteiger partial charge is 0.161 e. The summed E-state index contributed by atoms with van der Waals surface area (Å²) in [6.45, 7) is -36.2. The summed E-state index contributed by atoms with van der Waals surface area (Å²) in [7, 11) is -2.02. The Labute approximate surface area is 803 Å². The molecule has 10 aliphatic heterocycles. The molecule has 0 spiro atoms. The zero-order valence-corrected chi connectivity index (χ0v) is 64.5. The number of fused-ring (bicyclic) bond motifs is 15. The second-order valence-corrected chi connectivity index (χ2v) is 26.2. The van der Waals surface area contributed by atoms with Gasteiger partial charge in [0, 0.05) is 173 Å². The molecule has 20 nitrogen and oxygen atoms in total. The molecule has 5 fully saturated rings. The van der Waals surface area contributed by atoms with Crippen molar-refractivity contribution in [3.63, 3.8) is 0 Å². The lowest BCUT2D eigenvalue weighted by Crippen LogP contribution is -2.48. The van der Waals surface area contributed by atoms with Gasteiger partial charge in [0.1, 0.15) is 0 Å². The Morgan fingerprint density at radius 3 is 0.843 bits per heavy atom. The number of piperidine rings is 5. The van der Waals surface area contributed by atoms with Crippen LogP contribution >= 0.6 is 0 Å². The third-order valence-corrected chi connectivity index (χ3v) is 17.7. The number of hydrogen-bond acceptors (Lipinski definition) is 20. The minimum absolute atomic E-state index is 0.0231. The first-order valence-corrected chi connectivity index (χ1v) is 35.0. The van der Waals surface area contributed by atoms with E-state index in [2.05, 4.69) is 0 Å². The molecule has 0 bridgehead atoms. The lowest BCUT2D eigenvalue weighted by Gasteiger charge is -2.46. The standard InChI is InChI=1S/5C19H29NO3/c5*1-12(2)7-14-11-20-6-5-13-8-18(22-3)19(23-4)9-15(13)16(20)10-17(14)21/h5*8-9,12,14,16-17,21H,5-7,10-11H2,1-4H3/i1D3,4D3,5D2,6D2,7D2,8D,9D,10D2,11D2,12D,14D,17D;1D3,5D2,6D2,7D2,8D,9D,10D2,11D2,12D,14D,17D;1D3,4D3,7D2,8D,9D,10D2,11D2,12D,14D,17D;1D3,7D2,8D,9D,10D2,11D2,12D,14D,17D;4D3,8D,9D,10D2,11D2,14D,17D. The molecule has 10 heterocycles. The van der Waals surface area contributed by atoms with Crippen molar-refractivity contribution in [3.05, 3.63) is 116 Å². The third-order valence-electron chi connectivity index (χ3n) is 17.7. The summed E-state index contributed by atoms with van der Waals surface area (Å²) < 4.78 is 729. The van der Waals surface area contributed by atoms with E-state index in [1.807, 2.05) is 0 Å². The van der Waals surface area contributed by atoms with Crippen LogP contribution in [0, 0.1) is 59.0 Å². The fourth-order valence-electron chi connectivity index (χ4n) is 12.7. The number of benzene rings is 5. The van der Waals surface area contributed by atoms with Gasteiger partial charge >= 0.3 is 0 Å². The van der Waals surface area contributed by atoms with Crippen molar-refractivity contribution in [2.75, 3.05) is 136 Å². The molecule has 15 rings (SSSR count). The Morgan fingerprint density at radius 2 is 0.583 bits per heavy atom. The first kappa shape index (κ1) is 31.6. The van der Waals surface area contributed by atoms with Gasteiger partial charge in [0.2, 0.25) is 0 Å². The molecule has 19 unspecified atom stereocenters. The maximum atomic E-state index is 11.5. The van der Waals surface area contributed by atoms with Crippen molar-refractivity contribution in [2.24, 2.45) is 59.0 Å². The van der Waals surface area contributed by atoms with E-state index < -0.39 is 412 Å². The van der Waals surface area contributed by atoms with E-state index in [9.17, 15) is 25.5 Å². The molecule has 0 amide bonds. The second-order valence-electron chi connectivity index (χ2n) is 26.2. The highest BCUT2D eigenvalue weighted by atomic mass is 16.5. The zero-order chi connectivity index (χ0) is 154. The minimum atomic E-state index is -4.48. The number of aliphatic hydroxyl groups is 5. The Morgan fingerprint density at radius 1 is 0.357 bits per heavy atom. The molecule has 0 radical (unpaired) electrons. The van der Waals surface area contributed by atoms with E-state index in [-0.39, 0.29) is 100 Å². The van der Waals surface area contributed by atoms with E-state index in [0.29, 0.717) is 37.5 Å². The van der Waals surface area contributed by atoms with E-state index in [4.69, 9.17) is 158 Å². The minimum Gasteiger partial charge on any atom is -0.493 e. The van der Waals surface area contributed by atoms with Gasteiger partial charge in [0.15, 0.2) is 57.5 Å². The van der Waals surface area contributed by atoms with Gasteiger partial charge in [-0.1, -0.05) is 68.9 Å². The maximum Gasteiger partial charge on any atom is 0.161 e. The highest BCUT2D eigenvalue weighted by Gasteiger charge is 2.45. The predicted octanol–water partition coefficient (Wildman–Crippen LogP) is 15.1. The molecule has 0 aliphatic carbocycles. The Kier molecular flexibility index (Phi) is 11.2. The lowest BCUT2D eigenvalue weighted by atomic mass is 9.79. The van der Waals surface area contributed by atoms with Gasteiger partial charge in [-0.25, -0.2) is 0 Å². The van der Waals surface area contributed by atoms with E-state index in [1.54, 1.807) is 13.8 Å². The maximum absolute atomic E-state index is 11.5. The highest BCUT2D eigenvalue weighted by molar-refractivity contribution is 5.54. The number of nitrogens with zero attached hydrogens (tertiary/aromatic N) is 5. The summed E-state index contributed by atoms with van der Waals surface area (Å²) in [5, 5.41) is 56.8. The summed E-state index contributed by atoms with van der Waals surface area (Å²) in [4.78, 5) is 1.53. The van der Waals surface area contributed by atoms with Crippen LogP contribution in [0.15, 0.2) is 60.4 Å². The molecule has 10 aliphatic rings. The van der Waals surface area contributed by atoms with Crippen molar-refractivity contribution in [2.45, 2.75) is 225 Å². The predicted molar refractivity (Wildman–Crippen MR) is 456 cm³/mol. The molecular formula is C95H145N5O15. The summed E-state index contributed by atoms with van der Waals surface area (Å²) in [5.74, 6) is -39.2. The largest absolute Gasteiger partial charge is 0.493 e. The number of hydrogen-bond donors (Lipinski definition) is 5. The highest BCUT2D eigenvalue weighted by Crippen LogP contribution is 2.50. The average molecular weight is 1680 g/mol. The van der Waals surface area contributed by atoms with Crippen molar-refractivity contribution in [3.8, 4) is 57.5 Å².